The lowest BCUT2D eigenvalue weighted by Gasteiger charge is -2.07. The van der Waals surface area contributed by atoms with Gasteiger partial charge in [0.05, 0.1) is 0 Å². The Morgan fingerprint density at radius 3 is 0.927 bits per heavy atom. The lowest BCUT2D eigenvalue weighted by molar-refractivity contribution is -0.667. The molecule has 0 aliphatic rings. The highest BCUT2D eigenvalue weighted by Gasteiger charge is 2.20. The van der Waals surface area contributed by atoms with Gasteiger partial charge in [-0.3, -0.25) is 0 Å². The first-order valence-corrected chi connectivity index (χ1v) is 33.4. The van der Waals surface area contributed by atoms with Crippen LogP contribution >= 0.6 is 0 Å². The van der Waals surface area contributed by atoms with Crippen LogP contribution in [-0.2, 0) is 48.7 Å². The van der Waals surface area contributed by atoms with Gasteiger partial charge in [-0.1, -0.05) is 116 Å². The van der Waals surface area contributed by atoms with E-state index in [9.17, 15) is 0 Å². The molecule has 0 aliphatic carbocycles. The molecule has 6 nitrogen and oxygen atoms in total. The molecular formula is C90H108N6+6. The van der Waals surface area contributed by atoms with Crippen LogP contribution in [0.15, 0.2) is 225 Å². The van der Waals surface area contributed by atoms with E-state index in [0.29, 0.717) is 11.1 Å². The van der Waals surface area contributed by atoms with Crippen molar-refractivity contribution in [2.75, 3.05) is 0 Å². The molecule has 96 heavy (non-hydrogen) atoms. The lowest BCUT2D eigenvalue weighted by atomic mass is 10.0. The molecule has 0 N–H and O–H groups in total. The normalized spacial score (nSPS) is 11.7. The SMILES string of the molecule is CCc1ccc(-c2ccccc2C)[n+](C)c1.Cc1cc(C)[n+](C)c(-c2ccccc2C)c1.Cc1cc(C)[n+](C)c(-c2ccccc2C)c1.Cc1ccccc1-c1ccc(C)c(C)[n+]1C.[2H]C([2H])([2H])c1c[n+](C)c(-c2ccccc2C)cc1C.[2H]C([2H])([2H])c1ccc(-c2ccccc2C)[n+](C)c1C. The fraction of sp³-hybridized carbons (Fsp3) is 0.267. The predicted molar refractivity (Wildman–Crippen MR) is 403 cm³/mol. The molecule has 12 aromatic rings. The summed E-state index contributed by atoms with van der Waals surface area (Å²) < 4.78 is 58.1. The first-order chi connectivity index (χ1) is 48.1. The minimum absolute atomic E-state index is 0.410. The van der Waals surface area contributed by atoms with E-state index in [-0.39, 0.29) is 0 Å². The van der Waals surface area contributed by atoms with Crippen LogP contribution in [0.3, 0.4) is 0 Å². The number of nitrogens with zero attached hydrogens (tertiary/aromatic N) is 6. The van der Waals surface area contributed by atoms with Crippen molar-refractivity contribution >= 4 is 0 Å². The summed E-state index contributed by atoms with van der Waals surface area (Å²) in [7, 11) is 12.3. The Morgan fingerprint density at radius 2 is 0.573 bits per heavy atom. The van der Waals surface area contributed by atoms with Crippen molar-refractivity contribution < 1.29 is 35.6 Å². The Kier molecular flexibility index (Phi) is 23.0. The average molecular weight is 1280 g/mol. The van der Waals surface area contributed by atoms with E-state index >= 15 is 0 Å². The monoisotopic (exact) mass is 1280 g/mol. The number of aromatic nitrogens is 6. The maximum Gasteiger partial charge on any atom is 0.212 e. The molecule has 0 spiro atoms. The van der Waals surface area contributed by atoms with Crippen LogP contribution in [0.1, 0.15) is 110 Å². The van der Waals surface area contributed by atoms with Crippen molar-refractivity contribution in [1.82, 2.24) is 0 Å². The maximum absolute atomic E-state index is 7.55. The Labute approximate surface area is 586 Å². The van der Waals surface area contributed by atoms with Gasteiger partial charge in [0, 0.05) is 140 Å². The number of benzene rings is 6. The maximum atomic E-state index is 7.55. The summed E-state index contributed by atoms with van der Waals surface area (Å²) in [5.41, 5.74) is 34.0. The number of hydrogen-bond donors (Lipinski definition) is 0. The van der Waals surface area contributed by atoms with Crippen LogP contribution in [0.5, 0.6) is 0 Å². The molecule has 6 aromatic heterocycles. The summed E-state index contributed by atoms with van der Waals surface area (Å²) in [4.78, 5) is 0. The molecule has 0 atom stereocenters. The van der Waals surface area contributed by atoms with Crippen molar-refractivity contribution in [3.8, 4) is 67.5 Å². The Balaban J connectivity index is 0.000000172. The zero-order valence-corrected chi connectivity index (χ0v) is 61.3. The standard InChI is InChI=1S/6C15H18N/c2*1-11-9-13(3)16(4)15(10-11)14-8-6-5-7-12(14)2;1-11-7-5-6-8-14(11)15-9-12(2)13(3)10-16(15)4;2*1-11-9-10-15(16(4)13(11)3)14-8-6-5-7-12(14)2;1-4-13-9-10-15(16(3)11-13)14-8-6-5-7-12(14)2/h5*5-10H,1-4H3;5-11H,4H2,1-3H3/q6*+1/i;;3D3;1D3;;. The van der Waals surface area contributed by atoms with Gasteiger partial charge in [0.1, 0.15) is 42.3 Å². The van der Waals surface area contributed by atoms with Crippen molar-refractivity contribution in [1.29, 1.82) is 0 Å². The molecule has 0 amide bonds. The average Bonchev–Trinajstić information content (AvgIpc) is 0.749. The molecule has 6 heteroatoms. The number of rotatable bonds is 7. The van der Waals surface area contributed by atoms with E-state index in [1.165, 1.54) is 118 Å². The molecule has 6 aromatic carbocycles. The highest BCUT2D eigenvalue weighted by molar-refractivity contribution is 5.65. The van der Waals surface area contributed by atoms with Crippen molar-refractivity contribution in [2.45, 2.75) is 124 Å². The van der Waals surface area contributed by atoms with Gasteiger partial charge >= 0.3 is 0 Å². The molecule has 0 radical (unpaired) electrons. The van der Waals surface area contributed by atoms with Gasteiger partial charge in [0.25, 0.3) is 0 Å². The largest absolute Gasteiger partial charge is 0.212 e. The molecule has 6 heterocycles. The van der Waals surface area contributed by atoms with E-state index in [4.69, 9.17) is 8.22 Å². The zero-order chi connectivity index (χ0) is 75.1. The second-order valence-corrected chi connectivity index (χ2v) is 25.7. The Morgan fingerprint density at radius 1 is 0.260 bits per heavy atom. The van der Waals surface area contributed by atoms with Crippen LogP contribution in [0.2, 0.25) is 0 Å². The molecule has 0 saturated heterocycles. The van der Waals surface area contributed by atoms with Crippen molar-refractivity contribution in [3.63, 3.8) is 0 Å². The zero-order valence-electron chi connectivity index (χ0n) is 67.3. The Hall–Kier alpha value is -9.78. The van der Waals surface area contributed by atoms with E-state index in [2.05, 4.69) is 313 Å². The lowest BCUT2D eigenvalue weighted by Crippen LogP contribution is -2.35. The highest BCUT2D eigenvalue weighted by atomic mass is 15.0. The first kappa shape index (κ1) is 64.9. The first-order valence-electron chi connectivity index (χ1n) is 36.4. The van der Waals surface area contributed by atoms with Crippen molar-refractivity contribution in [2.24, 2.45) is 42.3 Å². The highest BCUT2D eigenvalue weighted by Crippen LogP contribution is 2.27. The minimum Gasteiger partial charge on any atom is -0.201 e. The smallest absolute Gasteiger partial charge is 0.201 e. The van der Waals surface area contributed by atoms with E-state index < -0.39 is 13.7 Å². The van der Waals surface area contributed by atoms with Crippen LogP contribution in [-0.4, -0.2) is 0 Å². The summed E-state index contributed by atoms with van der Waals surface area (Å²) in [6.45, 7) is 27.4. The molecule has 0 aliphatic heterocycles. The van der Waals surface area contributed by atoms with Gasteiger partial charge in [0.15, 0.2) is 35.2 Å². The van der Waals surface area contributed by atoms with Gasteiger partial charge in [0.2, 0.25) is 34.2 Å². The van der Waals surface area contributed by atoms with Crippen LogP contribution < -0.4 is 27.4 Å². The predicted octanol–water partition coefficient (Wildman–Crippen LogP) is 18.6. The quantitative estimate of drug-likeness (QED) is 0.142. The molecule has 0 unspecified atom stereocenters. The third-order valence-corrected chi connectivity index (χ3v) is 18.6. The summed E-state index contributed by atoms with van der Waals surface area (Å²) in [5, 5.41) is 0. The van der Waals surface area contributed by atoms with Crippen LogP contribution in [0.4, 0.5) is 0 Å². The van der Waals surface area contributed by atoms with E-state index in [1.807, 2.05) is 73.5 Å². The second kappa shape index (κ2) is 34.1. The second-order valence-electron chi connectivity index (χ2n) is 25.7. The van der Waals surface area contributed by atoms with Crippen molar-refractivity contribution in [3.05, 3.63) is 320 Å². The third-order valence-electron chi connectivity index (χ3n) is 18.6. The van der Waals surface area contributed by atoms with Gasteiger partial charge in [-0.15, -0.1) is 0 Å². The summed E-state index contributed by atoms with van der Waals surface area (Å²) in [6.07, 6.45) is 5.01. The molecule has 0 bridgehead atoms. The molecule has 12 rings (SSSR count). The van der Waals surface area contributed by atoms with Crippen LogP contribution in [0.25, 0.3) is 67.5 Å². The van der Waals surface area contributed by atoms with Gasteiger partial charge in [-0.25, -0.2) is 9.13 Å². The molecule has 492 valence electrons. The van der Waals surface area contributed by atoms with Gasteiger partial charge < -0.3 is 0 Å². The van der Waals surface area contributed by atoms with Gasteiger partial charge in [-0.2, -0.15) is 18.3 Å². The van der Waals surface area contributed by atoms with Crippen LogP contribution in [0, 0.1) is 111 Å². The third kappa shape index (κ3) is 18.6. The van der Waals surface area contributed by atoms with E-state index in [1.54, 1.807) is 12.3 Å². The number of aryl methyl sites for hydroxylation is 17. The molecule has 0 saturated carbocycles. The Bertz CT molecular complexity index is 4750. The fourth-order valence-corrected chi connectivity index (χ4v) is 12.0. The number of hydrogen-bond acceptors (Lipinski definition) is 0. The fourth-order valence-electron chi connectivity index (χ4n) is 12.0. The molecular weight excluding hydrogens is 1170 g/mol. The summed E-state index contributed by atoms with van der Waals surface area (Å²) in [5.74, 6) is 0. The summed E-state index contributed by atoms with van der Waals surface area (Å²) >= 11 is 0. The number of pyridine rings is 6. The molecule has 0 fully saturated rings. The summed E-state index contributed by atoms with van der Waals surface area (Å²) in [6, 6.07) is 73.6. The van der Waals surface area contributed by atoms with E-state index in [0.717, 1.165) is 40.2 Å². The van der Waals surface area contributed by atoms with Gasteiger partial charge in [-0.05, 0) is 194 Å². The topological polar surface area (TPSA) is 23.3 Å². The minimum atomic E-state index is -2.06.